The molecule has 1 unspecified atom stereocenters. The third kappa shape index (κ3) is 2.26. The first-order valence-electron chi connectivity index (χ1n) is 8.43. The Morgan fingerprint density at radius 3 is 2.75 bits per heavy atom. The average molecular weight is 319 g/mol. The lowest BCUT2D eigenvalue weighted by Gasteiger charge is -2.42. The van der Waals surface area contributed by atoms with Gasteiger partial charge in [0, 0.05) is 36.4 Å². The zero-order valence-corrected chi connectivity index (χ0v) is 14.0. The van der Waals surface area contributed by atoms with Crippen LogP contribution in [0.4, 0.5) is 11.4 Å². The lowest BCUT2D eigenvalue weighted by molar-refractivity contribution is 0.0984. The zero-order chi connectivity index (χ0) is 16.7. The van der Waals surface area contributed by atoms with Crippen molar-refractivity contribution >= 4 is 28.2 Å². The second kappa shape index (κ2) is 5.71. The Kier molecular flexibility index (Phi) is 3.53. The van der Waals surface area contributed by atoms with Crippen LogP contribution in [0.1, 0.15) is 24.2 Å². The van der Waals surface area contributed by atoms with E-state index >= 15 is 0 Å². The number of nitrogens with one attached hydrogen (secondary N) is 1. The molecule has 4 rings (SSSR count). The van der Waals surface area contributed by atoms with E-state index < -0.39 is 0 Å². The Morgan fingerprint density at radius 2 is 1.96 bits per heavy atom. The number of likely N-dealkylation sites (N-methyl/N-ethyl adjacent to an activating group) is 1. The molecule has 2 aromatic carbocycles. The molecule has 122 valence electrons. The molecule has 1 aliphatic heterocycles. The molecule has 1 aromatic heterocycles. The van der Waals surface area contributed by atoms with Crippen LogP contribution in [0.15, 0.2) is 54.7 Å². The van der Waals surface area contributed by atoms with Gasteiger partial charge in [0.2, 0.25) is 0 Å². The van der Waals surface area contributed by atoms with Crippen LogP contribution in [0.25, 0.3) is 10.9 Å². The van der Waals surface area contributed by atoms with E-state index in [2.05, 4.69) is 29.8 Å². The Balaban J connectivity index is 1.76. The minimum absolute atomic E-state index is 0.0570. The van der Waals surface area contributed by atoms with Gasteiger partial charge in [0.25, 0.3) is 5.91 Å². The summed E-state index contributed by atoms with van der Waals surface area (Å²) in [6.07, 6.45) is 1.90. The van der Waals surface area contributed by atoms with Crippen LogP contribution in [0.3, 0.4) is 0 Å². The number of rotatable bonds is 2. The van der Waals surface area contributed by atoms with E-state index in [0.29, 0.717) is 12.6 Å². The summed E-state index contributed by atoms with van der Waals surface area (Å²) in [5.74, 6) is 0.0570. The molecule has 1 amide bonds. The van der Waals surface area contributed by atoms with Gasteiger partial charge in [0.05, 0.1) is 11.4 Å². The topological polar surface area (TPSA) is 39.3 Å². The fourth-order valence-corrected chi connectivity index (χ4v) is 3.64. The average Bonchev–Trinajstić information content (AvgIpc) is 3.08. The quantitative estimate of drug-likeness (QED) is 0.774. The van der Waals surface area contributed by atoms with E-state index in [1.807, 2.05) is 53.6 Å². The molecule has 4 heteroatoms. The summed E-state index contributed by atoms with van der Waals surface area (Å²) in [4.78, 5) is 20.6. The van der Waals surface area contributed by atoms with Gasteiger partial charge in [0.1, 0.15) is 0 Å². The number of benzene rings is 2. The Hall–Kier alpha value is -2.75. The van der Waals surface area contributed by atoms with Crippen LogP contribution in [-0.2, 0) is 0 Å². The molecule has 4 nitrogen and oxygen atoms in total. The molecule has 0 spiro atoms. The van der Waals surface area contributed by atoms with Crippen molar-refractivity contribution in [3.05, 3.63) is 60.3 Å². The third-order valence-electron chi connectivity index (χ3n) is 4.85. The smallest absolute Gasteiger partial charge is 0.258 e. The monoisotopic (exact) mass is 319 g/mol. The number of para-hydroxylation sites is 2. The summed E-state index contributed by atoms with van der Waals surface area (Å²) in [5, 5.41) is 1.12. The fourth-order valence-electron chi connectivity index (χ4n) is 3.64. The number of aromatic amines is 1. The van der Waals surface area contributed by atoms with Crippen LogP contribution in [0, 0.1) is 0 Å². The van der Waals surface area contributed by atoms with Crippen LogP contribution in [0.5, 0.6) is 0 Å². The highest BCUT2D eigenvalue weighted by Gasteiger charge is 2.30. The van der Waals surface area contributed by atoms with E-state index in [9.17, 15) is 4.79 Å². The van der Waals surface area contributed by atoms with Gasteiger partial charge >= 0.3 is 0 Å². The number of nitrogens with zero attached hydrogens (tertiary/aromatic N) is 2. The van der Waals surface area contributed by atoms with Crippen molar-refractivity contribution in [3.8, 4) is 0 Å². The number of fused-ring (bicyclic) bond motifs is 2. The van der Waals surface area contributed by atoms with Crippen molar-refractivity contribution in [2.24, 2.45) is 0 Å². The highest BCUT2D eigenvalue weighted by molar-refractivity contribution is 6.09. The first-order valence-corrected chi connectivity index (χ1v) is 8.43. The van der Waals surface area contributed by atoms with E-state index in [1.54, 1.807) is 0 Å². The molecule has 0 saturated heterocycles. The zero-order valence-electron chi connectivity index (χ0n) is 14.0. The molecule has 3 aromatic rings. The lowest BCUT2D eigenvalue weighted by atomic mass is 10.1. The van der Waals surface area contributed by atoms with Gasteiger partial charge in [0.15, 0.2) is 0 Å². The lowest BCUT2D eigenvalue weighted by Crippen LogP contribution is -2.49. The highest BCUT2D eigenvalue weighted by atomic mass is 16.2. The van der Waals surface area contributed by atoms with E-state index in [4.69, 9.17) is 0 Å². The summed E-state index contributed by atoms with van der Waals surface area (Å²) in [7, 11) is 0. The first-order chi connectivity index (χ1) is 11.7. The van der Waals surface area contributed by atoms with Crippen molar-refractivity contribution in [2.75, 3.05) is 22.9 Å². The van der Waals surface area contributed by atoms with Gasteiger partial charge in [-0.1, -0.05) is 18.2 Å². The maximum atomic E-state index is 13.2. The molecule has 0 radical (unpaired) electrons. The predicted octanol–water partition coefficient (Wildman–Crippen LogP) is 4.04. The van der Waals surface area contributed by atoms with Gasteiger partial charge in [-0.25, -0.2) is 0 Å². The number of hydrogen-bond acceptors (Lipinski definition) is 2. The fraction of sp³-hybridized carbons (Fsp3) is 0.250. The predicted molar refractivity (Wildman–Crippen MR) is 98.9 cm³/mol. The first kappa shape index (κ1) is 14.8. The summed E-state index contributed by atoms with van der Waals surface area (Å²) < 4.78 is 0. The van der Waals surface area contributed by atoms with Crippen LogP contribution >= 0.6 is 0 Å². The van der Waals surface area contributed by atoms with Crippen molar-refractivity contribution in [2.45, 2.75) is 19.9 Å². The number of aromatic nitrogens is 1. The molecule has 0 bridgehead atoms. The number of hydrogen-bond donors (Lipinski definition) is 1. The third-order valence-corrected chi connectivity index (χ3v) is 4.85. The maximum absolute atomic E-state index is 13.2. The normalized spacial score (nSPS) is 17.2. The number of H-pyrrole nitrogens is 1. The molecule has 2 heterocycles. The molecule has 1 aliphatic rings. The van der Waals surface area contributed by atoms with Gasteiger partial charge in [-0.15, -0.1) is 0 Å². The summed E-state index contributed by atoms with van der Waals surface area (Å²) in [6.45, 7) is 5.97. The Bertz CT molecular complexity index is 899. The van der Waals surface area contributed by atoms with Gasteiger partial charge < -0.3 is 14.8 Å². The van der Waals surface area contributed by atoms with Crippen molar-refractivity contribution in [3.63, 3.8) is 0 Å². The molecular formula is C20H21N3O. The van der Waals surface area contributed by atoms with Crippen molar-refractivity contribution in [1.29, 1.82) is 0 Å². The summed E-state index contributed by atoms with van der Waals surface area (Å²) >= 11 is 0. The number of amides is 1. The Labute approximate surface area is 141 Å². The molecule has 0 aliphatic carbocycles. The molecular weight excluding hydrogens is 298 g/mol. The van der Waals surface area contributed by atoms with Crippen molar-refractivity contribution in [1.82, 2.24) is 4.98 Å². The molecule has 24 heavy (non-hydrogen) atoms. The number of carbonyl (C=O) groups is 1. The van der Waals surface area contributed by atoms with Gasteiger partial charge in [-0.2, -0.15) is 0 Å². The van der Waals surface area contributed by atoms with Crippen LogP contribution in [0.2, 0.25) is 0 Å². The highest BCUT2D eigenvalue weighted by Crippen LogP contribution is 2.36. The van der Waals surface area contributed by atoms with Crippen molar-refractivity contribution < 1.29 is 4.79 Å². The second-order valence-electron chi connectivity index (χ2n) is 6.32. The Morgan fingerprint density at radius 1 is 1.17 bits per heavy atom. The van der Waals surface area contributed by atoms with Crippen LogP contribution < -0.4 is 9.80 Å². The second-order valence-corrected chi connectivity index (χ2v) is 6.32. The largest absolute Gasteiger partial charge is 0.366 e. The molecule has 0 fully saturated rings. The SMILES string of the molecule is CCN1c2ccccc2N(C(=O)c2ccc3cc[nH]c3c2)CC1C. The maximum Gasteiger partial charge on any atom is 0.258 e. The standard InChI is InChI=1S/C20H21N3O/c1-3-22-14(2)13-23(19-7-5-4-6-18(19)22)20(24)16-9-8-15-10-11-21-17(15)12-16/h4-12,14,21H,3,13H2,1-2H3. The van der Waals surface area contributed by atoms with Crippen LogP contribution in [-0.4, -0.2) is 30.0 Å². The molecule has 0 saturated carbocycles. The van der Waals surface area contributed by atoms with E-state index in [0.717, 1.165) is 34.4 Å². The number of anilines is 2. The van der Waals surface area contributed by atoms with E-state index in [-0.39, 0.29) is 5.91 Å². The minimum atomic E-state index is 0.0570. The molecule has 1 N–H and O–H groups in total. The number of carbonyl (C=O) groups excluding carboxylic acids is 1. The summed E-state index contributed by atoms with van der Waals surface area (Å²) in [6, 6.07) is 16.3. The summed E-state index contributed by atoms with van der Waals surface area (Å²) in [5.41, 5.74) is 3.84. The van der Waals surface area contributed by atoms with Gasteiger partial charge in [-0.3, -0.25) is 4.79 Å². The minimum Gasteiger partial charge on any atom is -0.366 e. The van der Waals surface area contributed by atoms with E-state index in [1.165, 1.54) is 0 Å². The molecule has 1 atom stereocenters. The van der Waals surface area contributed by atoms with Gasteiger partial charge in [-0.05, 0) is 49.6 Å².